The molecule has 2 saturated heterocycles. The van der Waals surface area contributed by atoms with Crippen LogP contribution in [0.1, 0.15) is 18.4 Å². The molecule has 0 aliphatic carbocycles. The molecule has 0 saturated carbocycles. The van der Waals surface area contributed by atoms with Crippen molar-refractivity contribution in [3.05, 3.63) is 58.6 Å². The highest BCUT2D eigenvalue weighted by molar-refractivity contribution is 5.95. The van der Waals surface area contributed by atoms with Gasteiger partial charge in [-0.1, -0.05) is 18.2 Å². The highest BCUT2D eigenvalue weighted by Crippen LogP contribution is 2.40. The van der Waals surface area contributed by atoms with Gasteiger partial charge in [-0.15, -0.1) is 0 Å². The fraction of sp³-hybridized carbons (Fsp3) is 0.409. The molecule has 0 unspecified atom stereocenters. The maximum Gasteiger partial charge on any atom is 0.274 e. The van der Waals surface area contributed by atoms with Crippen LogP contribution in [0.2, 0.25) is 0 Å². The van der Waals surface area contributed by atoms with E-state index in [2.05, 4.69) is 34.1 Å². The van der Waals surface area contributed by atoms with E-state index in [9.17, 15) is 4.79 Å². The van der Waals surface area contributed by atoms with Gasteiger partial charge < -0.3 is 14.3 Å². The minimum Gasteiger partial charge on any atom is -0.381 e. The third-order valence-electron chi connectivity index (χ3n) is 6.24. The van der Waals surface area contributed by atoms with E-state index < -0.39 is 0 Å². The molecule has 3 aromatic rings. The predicted molar refractivity (Wildman–Crippen MR) is 107 cm³/mol. The van der Waals surface area contributed by atoms with Gasteiger partial charge in [0.1, 0.15) is 5.52 Å². The summed E-state index contributed by atoms with van der Waals surface area (Å²) in [6.45, 7) is 5.20. The Morgan fingerprint density at radius 1 is 1.19 bits per heavy atom. The Kier molecular flexibility index (Phi) is 3.95. The van der Waals surface area contributed by atoms with E-state index in [-0.39, 0.29) is 5.56 Å². The minimum atomic E-state index is 0.0113. The van der Waals surface area contributed by atoms with E-state index in [1.165, 1.54) is 31.5 Å². The molecule has 2 aliphatic heterocycles. The summed E-state index contributed by atoms with van der Waals surface area (Å²) in [4.78, 5) is 18.0. The van der Waals surface area contributed by atoms with Crippen LogP contribution in [0, 0.1) is 5.41 Å². The van der Waals surface area contributed by atoms with Crippen LogP contribution in [0.15, 0.2) is 47.5 Å². The monoisotopic (exact) mass is 363 g/mol. The molecule has 1 spiro atoms. The van der Waals surface area contributed by atoms with Gasteiger partial charge in [0.05, 0.1) is 0 Å². The quantitative estimate of drug-likeness (QED) is 0.778. The van der Waals surface area contributed by atoms with Crippen molar-refractivity contribution in [3.8, 4) is 11.1 Å². The molecule has 5 nitrogen and oxygen atoms in total. The van der Waals surface area contributed by atoms with Crippen molar-refractivity contribution in [1.29, 1.82) is 0 Å². The van der Waals surface area contributed by atoms with Crippen LogP contribution in [0.3, 0.4) is 0 Å². The molecule has 2 fully saturated rings. The number of nitrogens with zero attached hydrogens (tertiary/aromatic N) is 2. The number of nitrogens with one attached hydrogen (secondary N) is 1. The Balaban J connectivity index is 1.37. The highest BCUT2D eigenvalue weighted by Gasteiger charge is 2.43. The average Bonchev–Trinajstić information content (AvgIpc) is 3.09. The summed E-state index contributed by atoms with van der Waals surface area (Å²) in [6, 6.07) is 10.7. The smallest absolute Gasteiger partial charge is 0.274 e. The number of hydrogen-bond donors (Lipinski definition) is 1. The number of pyridine rings is 1. The second kappa shape index (κ2) is 6.36. The van der Waals surface area contributed by atoms with Crippen molar-refractivity contribution in [1.82, 2.24) is 14.5 Å². The normalized spacial score (nSPS) is 19.4. The van der Waals surface area contributed by atoms with Gasteiger partial charge >= 0.3 is 0 Å². The number of aromatic nitrogens is 2. The van der Waals surface area contributed by atoms with E-state index in [4.69, 9.17) is 4.74 Å². The number of aryl methyl sites for hydroxylation is 1. The first-order chi connectivity index (χ1) is 13.1. The second-order valence-corrected chi connectivity index (χ2v) is 8.18. The predicted octanol–water partition coefficient (Wildman–Crippen LogP) is 3.15. The number of H-pyrrole nitrogens is 1. The lowest BCUT2D eigenvalue weighted by molar-refractivity contribution is -0.0838. The molecular formula is C22H25N3O2. The molecular weight excluding hydrogens is 338 g/mol. The maximum atomic E-state index is 12.3. The standard InChI is InChI=1S/C22H25N3O2/c1-24-8-5-18-19(12-23-20(18)21(24)26)17-4-2-3-16(11-17)13-25-14-22(15-25)6-9-27-10-7-22/h2-5,8,11-12,23H,6-7,9-10,13-15H2,1H3. The van der Waals surface area contributed by atoms with E-state index in [1.54, 1.807) is 11.6 Å². The topological polar surface area (TPSA) is 50.3 Å². The molecule has 140 valence electrons. The van der Waals surface area contributed by atoms with Gasteiger partial charge in [0.25, 0.3) is 5.56 Å². The lowest BCUT2D eigenvalue weighted by Gasteiger charge is -2.52. The van der Waals surface area contributed by atoms with Crippen LogP contribution in [0.25, 0.3) is 22.0 Å². The lowest BCUT2D eigenvalue weighted by atomic mass is 9.73. The van der Waals surface area contributed by atoms with Crippen LogP contribution >= 0.6 is 0 Å². The molecule has 0 bridgehead atoms. The van der Waals surface area contributed by atoms with E-state index >= 15 is 0 Å². The zero-order valence-corrected chi connectivity index (χ0v) is 15.7. The molecule has 4 heterocycles. The first-order valence-electron chi connectivity index (χ1n) is 9.70. The van der Waals surface area contributed by atoms with Crippen molar-refractivity contribution in [2.45, 2.75) is 19.4 Å². The molecule has 27 heavy (non-hydrogen) atoms. The second-order valence-electron chi connectivity index (χ2n) is 8.18. The number of hydrogen-bond acceptors (Lipinski definition) is 3. The molecule has 5 rings (SSSR count). The number of rotatable bonds is 3. The zero-order valence-electron chi connectivity index (χ0n) is 15.7. The third-order valence-corrected chi connectivity index (χ3v) is 6.24. The molecule has 1 N–H and O–H groups in total. The van der Waals surface area contributed by atoms with Crippen LogP contribution in [0.5, 0.6) is 0 Å². The number of fused-ring (bicyclic) bond motifs is 1. The number of benzene rings is 1. The van der Waals surface area contributed by atoms with Crippen LogP contribution < -0.4 is 5.56 Å². The van der Waals surface area contributed by atoms with E-state index in [0.29, 0.717) is 10.9 Å². The average molecular weight is 363 g/mol. The Hall–Kier alpha value is -2.37. The number of ether oxygens (including phenoxy) is 1. The summed E-state index contributed by atoms with van der Waals surface area (Å²) in [7, 11) is 1.78. The number of aromatic amines is 1. The highest BCUT2D eigenvalue weighted by atomic mass is 16.5. The first kappa shape index (κ1) is 16.8. The summed E-state index contributed by atoms with van der Waals surface area (Å²) in [5, 5.41) is 0.986. The summed E-state index contributed by atoms with van der Waals surface area (Å²) in [6.07, 6.45) is 6.19. The van der Waals surface area contributed by atoms with E-state index in [0.717, 1.165) is 36.3 Å². The third kappa shape index (κ3) is 2.91. The van der Waals surface area contributed by atoms with Crippen molar-refractivity contribution in [2.75, 3.05) is 26.3 Å². The zero-order chi connectivity index (χ0) is 18.4. The van der Waals surface area contributed by atoms with Gasteiger partial charge in [-0.05, 0) is 36.1 Å². The molecule has 1 aromatic carbocycles. The Morgan fingerprint density at radius 2 is 2.00 bits per heavy atom. The van der Waals surface area contributed by atoms with Crippen LogP contribution in [0.4, 0.5) is 0 Å². The SMILES string of the molecule is Cn1ccc2c(-c3cccc(CN4CC5(CCOCC5)C4)c3)c[nH]c2c1=O. The molecule has 5 heteroatoms. The Morgan fingerprint density at radius 3 is 2.81 bits per heavy atom. The number of likely N-dealkylation sites (tertiary alicyclic amines) is 1. The van der Waals surface area contributed by atoms with Crippen LogP contribution in [-0.2, 0) is 18.3 Å². The fourth-order valence-corrected chi connectivity index (χ4v) is 4.68. The Bertz CT molecular complexity index is 1040. The largest absolute Gasteiger partial charge is 0.381 e. The molecule has 2 aliphatic rings. The van der Waals surface area contributed by atoms with Gasteiger partial charge in [-0.2, -0.15) is 0 Å². The van der Waals surface area contributed by atoms with Crippen molar-refractivity contribution >= 4 is 10.9 Å². The summed E-state index contributed by atoms with van der Waals surface area (Å²) < 4.78 is 7.12. The van der Waals surface area contributed by atoms with Crippen LogP contribution in [-0.4, -0.2) is 40.8 Å². The summed E-state index contributed by atoms with van der Waals surface area (Å²) in [5.74, 6) is 0. The van der Waals surface area contributed by atoms with Crippen molar-refractivity contribution < 1.29 is 4.74 Å². The van der Waals surface area contributed by atoms with Gasteiger partial charge in [0.15, 0.2) is 0 Å². The molecule has 0 amide bonds. The van der Waals surface area contributed by atoms with Gasteiger partial charge in [-0.3, -0.25) is 9.69 Å². The summed E-state index contributed by atoms with van der Waals surface area (Å²) in [5.41, 5.74) is 4.77. The summed E-state index contributed by atoms with van der Waals surface area (Å²) >= 11 is 0. The molecule has 0 radical (unpaired) electrons. The first-order valence-corrected chi connectivity index (χ1v) is 9.70. The Labute approximate surface area is 158 Å². The van der Waals surface area contributed by atoms with Gasteiger partial charge in [0, 0.05) is 68.7 Å². The minimum absolute atomic E-state index is 0.0113. The van der Waals surface area contributed by atoms with E-state index in [1.807, 2.05) is 18.5 Å². The van der Waals surface area contributed by atoms with Gasteiger partial charge in [-0.25, -0.2) is 0 Å². The lowest BCUT2D eigenvalue weighted by Crippen LogP contribution is -2.57. The molecule has 2 aromatic heterocycles. The van der Waals surface area contributed by atoms with Gasteiger partial charge in [0.2, 0.25) is 0 Å². The van der Waals surface area contributed by atoms with Crippen molar-refractivity contribution in [2.24, 2.45) is 12.5 Å². The van der Waals surface area contributed by atoms with Crippen molar-refractivity contribution in [3.63, 3.8) is 0 Å². The maximum absolute atomic E-state index is 12.3. The molecule has 0 atom stereocenters. The fourth-order valence-electron chi connectivity index (χ4n) is 4.68.